The van der Waals surface area contributed by atoms with Crippen LogP contribution >= 0.6 is 0 Å². The van der Waals surface area contributed by atoms with Gasteiger partial charge in [-0.2, -0.15) is 0 Å². The molecule has 24 heavy (non-hydrogen) atoms. The highest BCUT2D eigenvalue weighted by Gasteiger charge is 2.34. The summed E-state index contributed by atoms with van der Waals surface area (Å²) in [4.78, 5) is 0. The van der Waals surface area contributed by atoms with Gasteiger partial charge in [-0.15, -0.1) is 10.2 Å². The van der Waals surface area contributed by atoms with Crippen molar-refractivity contribution >= 4 is 11.5 Å². The second kappa shape index (κ2) is 6.20. The largest absolute Gasteiger partial charge is 0.381 e. The minimum atomic E-state index is -0.205. The molecule has 124 valence electrons. The number of hydrogen-bond donors (Lipinski definition) is 1. The summed E-state index contributed by atoms with van der Waals surface area (Å²) >= 11 is 0. The van der Waals surface area contributed by atoms with E-state index < -0.39 is 0 Å². The van der Waals surface area contributed by atoms with E-state index >= 15 is 0 Å². The number of anilines is 1. The van der Waals surface area contributed by atoms with E-state index in [1.54, 1.807) is 6.33 Å². The van der Waals surface area contributed by atoms with Gasteiger partial charge in [-0.1, -0.05) is 18.2 Å². The zero-order valence-electron chi connectivity index (χ0n) is 13.3. The zero-order chi connectivity index (χ0) is 16.4. The monoisotopic (exact) mass is 326 g/mol. The van der Waals surface area contributed by atoms with Crippen LogP contribution in [-0.2, 0) is 10.2 Å². The molecular formula is C18H19FN4O. The summed E-state index contributed by atoms with van der Waals surface area (Å²) in [6.07, 6.45) is 3.51. The number of pyridine rings is 1. The SMILES string of the molecule is Fc1ccc(C2(CNc3cccc4nncn34)CCOCC2)cc1. The Kier molecular flexibility index (Phi) is 3.90. The van der Waals surface area contributed by atoms with Gasteiger partial charge in [0.1, 0.15) is 18.0 Å². The van der Waals surface area contributed by atoms with E-state index in [9.17, 15) is 4.39 Å². The topological polar surface area (TPSA) is 51.5 Å². The molecule has 1 aliphatic rings. The number of aromatic nitrogens is 3. The molecule has 1 fully saturated rings. The van der Waals surface area contributed by atoms with Crippen LogP contribution in [0, 0.1) is 5.82 Å². The highest BCUT2D eigenvalue weighted by Crippen LogP contribution is 2.35. The molecule has 0 bridgehead atoms. The normalized spacial score (nSPS) is 17.0. The molecule has 4 rings (SSSR count). The molecule has 3 heterocycles. The Morgan fingerprint density at radius 2 is 1.92 bits per heavy atom. The van der Waals surface area contributed by atoms with E-state index in [1.807, 2.05) is 34.7 Å². The third-order valence-corrected chi connectivity index (χ3v) is 4.85. The number of hydrogen-bond acceptors (Lipinski definition) is 4. The van der Waals surface area contributed by atoms with Crippen molar-refractivity contribution in [2.24, 2.45) is 0 Å². The molecule has 1 aromatic carbocycles. The standard InChI is InChI=1S/C18H19FN4O/c19-15-6-4-14(5-7-15)18(8-10-24-11-9-18)12-20-16-2-1-3-17-22-21-13-23(16)17/h1-7,13,20H,8-12H2. The number of rotatable bonds is 4. The van der Waals surface area contributed by atoms with Crippen LogP contribution < -0.4 is 5.32 Å². The summed E-state index contributed by atoms with van der Waals surface area (Å²) < 4.78 is 20.8. The van der Waals surface area contributed by atoms with Crippen molar-refractivity contribution in [1.82, 2.24) is 14.6 Å². The first-order chi connectivity index (χ1) is 11.8. The molecule has 6 heteroatoms. The predicted molar refractivity (Wildman–Crippen MR) is 89.6 cm³/mol. The van der Waals surface area contributed by atoms with Crippen molar-refractivity contribution in [3.63, 3.8) is 0 Å². The minimum absolute atomic E-state index is 0.0673. The van der Waals surface area contributed by atoms with Crippen molar-refractivity contribution in [3.8, 4) is 0 Å². The third-order valence-electron chi connectivity index (χ3n) is 4.85. The maximum atomic E-state index is 13.3. The van der Waals surface area contributed by atoms with Gasteiger partial charge in [0.15, 0.2) is 5.65 Å². The van der Waals surface area contributed by atoms with Crippen LogP contribution in [0.3, 0.4) is 0 Å². The fourth-order valence-electron chi connectivity index (χ4n) is 3.39. The molecule has 0 aliphatic carbocycles. The van der Waals surface area contributed by atoms with Crippen LogP contribution in [0.1, 0.15) is 18.4 Å². The maximum Gasteiger partial charge on any atom is 0.162 e. The van der Waals surface area contributed by atoms with Crippen molar-refractivity contribution in [2.75, 3.05) is 25.1 Å². The zero-order valence-corrected chi connectivity index (χ0v) is 13.3. The minimum Gasteiger partial charge on any atom is -0.381 e. The molecule has 0 amide bonds. The van der Waals surface area contributed by atoms with Crippen molar-refractivity contribution in [1.29, 1.82) is 0 Å². The molecule has 0 atom stereocenters. The second-order valence-electron chi connectivity index (χ2n) is 6.22. The lowest BCUT2D eigenvalue weighted by Gasteiger charge is -2.38. The fourth-order valence-corrected chi connectivity index (χ4v) is 3.39. The first-order valence-electron chi connectivity index (χ1n) is 8.13. The molecule has 1 saturated heterocycles. The molecule has 2 aromatic heterocycles. The highest BCUT2D eigenvalue weighted by atomic mass is 19.1. The molecule has 0 spiro atoms. The maximum absolute atomic E-state index is 13.3. The van der Waals surface area contributed by atoms with Crippen LogP contribution in [0.25, 0.3) is 5.65 Å². The lowest BCUT2D eigenvalue weighted by Crippen LogP contribution is -2.40. The average Bonchev–Trinajstić information content (AvgIpc) is 3.10. The summed E-state index contributed by atoms with van der Waals surface area (Å²) in [5, 5.41) is 11.6. The molecule has 0 saturated carbocycles. The summed E-state index contributed by atoms with van der Waals surface area (Å²) in [6, 6.07) is 12.7. The molecule has 1 aliphatic heterocycles. The van der Waals surface area contributed by atoms with E-state index in [-0.39, 0.29) is 11.2 Å². The van der Waals surface area contributed by atoms with E-state index in [0.29, 0.717) is 0 Å². The number of fused-ring (bicyclic) bond motifs is 1. The van der Waals surface area contributed by atoms with Crippen molar-refractivity contribution in [2.45, 2.75) is 18.3 Å². The first-order valence-corrected chi connectivity index (χ1v) is 8.13. The quantitative estimate of drug-likeness (QED) is 0.801. The van der Waals surface area contributed by atoms with Gasteiger partial charge >= 0.3 is 0 Å². The lowest BCUT2D eigenvalue weighted by molar-refractivity contribution is 0.0543. The van der Waals surface area contributed by atoms with Gasteiger partial charge in [0.2, 0.25) is 0 Å². The van der Waals surface area contributed by atoms with Crippen LogP contribution in [0.15, 0.2) is 48.8 Å². The number of nitrogens with zero attached hydrogens (tertiary/aromatic N) is 3. The lowest BCUT2D eigenvalue weighted by atomic mass is 9.74. The van der Waals surface area contributed by atoms with E-state index in [2.05, 4.69) is 15.5 Å². The summed E-state index contributed by atoms with van der Waals surface area (Å²) in [5.41, 5.74) is 1.89. The molecule has 3 aromatic rings. The summed E-state index contributed by atoms with van der Waals surface area (Å²) in [7, 11) is 0. The van der Waals surface area contributed by atoms with Crippen molar-refractivity contribution in [3.05, 3.63) is 60.2 Å². The van der Waals surface area contributed by atoms with Crippen LogP contribution in [0.4, 0.5) is 10.2 Å². The van der Waals surface area contributed by atoms with Gasteiger partial charge in [0.25, 0.3) is 0 Å². The molecule has 1 N–H and O–H groups in total. The van der Waals surface area contributed by atoms with Crippen LogP contribution in [0.5, 0.6) is 0 Å². The Morgan fingerprint density at radius 1 is 1.12 bits per heavy atom. The van der Waals surface area contributed by atoms with Crippen LogP contribution in [-0.4, -0.2) is 34.4 Å². The Hall–Kier alpha value is -2.47. The van der Waals surface area contributed by atoms with Crippen LogP contribution in [0.2, 0.25) is 0 Å². The third kappa shape index (κ3) is 2.73. The van der Waals surface area contributed by atoms with Gasteiger partial charge in [-0.05, 0) is 42.7 Å². The van der Waals surface area contributed by atoms with E-state index in [0.717, 1.165) is 49.6 Å². The predicted octanol–water partition coefficient (Wildman–Crippen LogP) is 3.03. The van der Waals surface area contributed by atoms with Gasteiger partial charge in [0.05, 0.1) is 0 Å². The van der Waals surface area contributed by atoms with E-state index in [1.165, 1.54) is 12.1 Å². The number of halogens is 1. The smallest absolute Gasteiger partial charge is 0.162 e. The Labute approximate surface area is 139 Å². The fraction of sp³-hybridized carbons (Fsp3) is 0.333. The Bertz CT molecular complexity index is 824. The summed E-state index contributed by atoms with van der Waals surface area (Å²) in [5.74, 6) is 0.744. The molecule has 0 unspecified atom stereocenters. The average molecular weight is 326 g/mol. The Morgan fingerprint density at radius 3 is 2.71 bits per heavy atom. The number of benzene rings is 1. The van der Waals surface area contributed by atoms with Gasteiger partial charge < -0.3 is 10.1 Å². The number of nitrogens with one attached hydrogen (secondary N) is 1. The summed E-state index contributed by atoms with van der Waals surface area (Å²) in [6.45, 7) is 2.19. The molecule has 0 radical (unpaired) electrons. The Balaban J connectivity index is 1.63. The number of ether oxygens (including phenoxy) is 1. The van der Waals surface area contributed by atoms with E-state index in [4.69, 9.17) is 4.74 Å². The highest BCUT2D eigenvalue weighted by molar-refractivity contribution is 5.49. The molecular weight excluding hydrogens is 307 g/mol. The molecule has 5 nitrogen and oxygen atoms in total. The van der Waals surface area contributed by atoms with Gasteiger partial charge in [-0.25, -0.2) is 4.39 Å². The second-order valence-corrected chi connectivity index (χ2v) is 6.22. The van der Waals surface area contributed by atoms with Gasteiger partial charge in [-0.3, -0.25) is 4.40 Å². The first kappa shape index (κ1) is 15.1. The van der Waals surface area contributed by atoms with Gasteiger partial charge in [0, 0.05) is 25.2 Å². The van der Waals surface area contributed by atoms with Crippen molar-refractivity contribution < 1.29 is 9.13 Å².